The second-order valence-corrected chi connectivity index (χ2v) is 4.39. The van der Waals surface area contributed by atoms with E-state index in [9.17, 15) is 0 Å². The van der Waals surface area contributed by atoms with Crippen molar-refractivity contribution in [2.75, 3.05) is 11.9 Å². The van der Waals surface area contributed by atoms with Gasteiger partial charge in [-0.15, -0.1) is 0 Å². The van der Waals surface area contributed by atoms with Crippen molar-refractivity contribution in [3.05, 3.63) is 40.9 Å². The van der Waals surface area contributed by atoms with Gasteiger partial charge in [0.15, 0.2) is 5.13 Å². The van der Waals surface area contributed by atoms with E-state index in [1.165, 1.54) is 11.3 Å². The van der Waals surface area contributed by atoms with E-state index in [0.717, 1.165) is 16.5 Å². The van der Waals surface area contributed by atoms with Crippen molar-refractivity contribution < 1.29 is 0 Å². The minimum atomic E-state index is 0.679. The molecule has 0 atom stereocenters. The topological polar surface area (TPSA) is 39.9 Å². The normalized spacial score (nSPS) is 9.81. The molecule has 4 heteroatoms. The molecule has 0 aliphatic rings. The quantitative estimate of drug-likeness (QED) is 0.794. The molecule has 0 amide bonds. The van der Waals surface area contributed by atoms with Crippen molar-refractivity contribution >= 4 is 22.2 Å². The Kier molecular flexibility index (Phi) is 2.88. The summed E-state index contributed by atoms with van der Waals surface area (Å²) in [6.45, 7) is 1.86. The molecule has 2 aromatic rings. The second-order valence-electron chi connectivity index (χ2n) is 3.42. The van der Waals surface area contributed by atoms with Gasteiger partial charge in [0.05, 0.1) is 5.69 Å². The number of para-hydroxylation sites is 1. The average Bonchev–Trinajstić information content (AvgIpc) is 2.71. The van der Waals surface area contributed by atoms with E-state index in [-0.39, 0.29) is 0 Å². The van der Waals surface area contributed by atoms with Crippen molar-refractivity contribution in [3.63, 3.8) is 0 Å². The number of hydrogen-bond donors (Lipinski definition) is 0. The molecule has 0 bridgehead atoms. The molecule has 0 saturated carbocycles. The summed E-state index contributed by atoms with van der Waals surface area (Å²) in [4.78, 5) is 7.04. The first-order valence-corrected chi connectivity index (χ1v) is 5.70. The smallest absolute Gasteiger partial charge is 0.191 e. The maximum absolute atomic E-state index is 8.89. The number of hydrogen-bond acceptors (Lipinski definition) is 4. The maximum Gasteiger partial charge on any atom is 0.191 e. The highest BCUT2D eigenvalue weighted by Gasteiger charge is 2.11. The molecule has 0 aliphatic heterocycles. The summed E-state index contributed by atoms with van der Waals surface area (Å²) in [6, 6.07) is 12.1. The number of anilines is 2. The summed E-state index contributed by atoms with van der Waals surface area (Å²) in [7, 11) is 1.95. The molecule has 0 unspecified atom stereocenters. The Morgan fingerprint density at radius 2 is 2.00 bits per heavy atom. The van der Waals surface area contributed by atoms with Crippen LogP contribution in [0.25, 0.3) is 0 Å². The number of thiazole rings is 1. The summed E-state index contributed by atoms with van der Waals surface area (Å²) in [5, 5.41) is 9.73. The van der Waals surface area contributed by atoms with Crippen LogP contribution in [0.15, 0.2) is 30.3 Å². The van der Waals surface area contributed by atoms with E-state index in [1.54, 1.807) is 0 Å². The predicted octanol–water partition coefficient (Wildman–Crippen LogP) is 3.09. The van der Waals surface area contributed by atoms with Crippen LogP contribution in [0.5, 0.6) is 0 Å². The lowest BCUT2D eigenvalue weighted by Gasteiger charge is -2.15. The van der Waals surface area contributed by atoms with Gasteiger partial charge in [-0.3, -0.25) is 0 Å². The van der Waals surface area contributed by atoms with Gasteiger partial charge in [-0.1, -0.05) is 29.5 Å². The molecular weight excluding hydrogens is 218 g/mol. The standard InChI is InChI=1S/C12H11N3S/c1-9-11(8-13)16-12(14-9)15(2)10-6-4-3-5-7-10/h3-7H,1-2H3. The van der Waals surface area contributed by atoms with Gasteiger partial charge in [-0.2, -0.15) is 5.26 Å². The third-order valence-electron chi connectivity index (χ3n) is 2.32. The Bertz CT molecular complexity index is 525. The van der Waals surface area contributed by atoms with E-state index in [1.807, 2.05) is 49.2 Å². The van der Waals surface area contributed by atoms with Gasteiger partial charge in [0, 0.05) is 12.7 Å². The van der Waals surface area contributed by atoms with Gasteiger partial charge >= 0.3 is 0 Å². The minimum absolute atomic E-state index is 0.679. The average molecular weight is 229 g/mol. The molecule has 80 valence electrons. The lowest BCUT2D eigenvalue weighted by atomic mass is 10.3. The Hall–Kier alpha value is -1.86. The second kappa shape index (κ2) is 4.33. The summed E-state index contributed by atoms with van der Waals surface area (Å²) in [6.07, 6.45) is 0. The van der Waals surface area contributed by atoms with Gasteiger partial charge in [0.25, 0.3) is 0 Å². The Morgan fingerprint density at radius 1 is 1.31 bits per heavy atom. The van der Waals surface area contributed by atoms with Crippen LogP contribution in [0.3, 0.4) is 0 Å². The number of rotatable bonds is 2. The molecule has 0 saturated heterocycles. The largest absolute Gasteiger partial charge is 0.321 e. The third kappa shape index (κ3) is 1.90. The van der Waals surface area contributed by atoms with E-state index < -0.39 is 0 Å². The number of aromatic nitrogens is 1. The number of aryl methyl sites for hydroxylation is 1. The lowest BCUT2D eigenvalue weighted by Crippen LogP contribution is -2.08. The molecule has 1 aromatic heterocycles. The fraction of sp³-hybridized carbons (Fsp3) is 0.167. The van der Waals surface area contributed by atoms with E-state index in [0.29, 0.717) is 4.88 Å². The van der Waals surface area contributed by atoms with Crippen molar-refractivity contribution in [2.45, 2.75) is 6.92 Å². The zero-order valence-electron chi connectivity index (χ0n) is 9.14. The SMILES string of the molecule is Cc1nc(N(C)c2ccccc2)sc1C#N. The van der Waals surface area contributed by atoms with Gasteiger partial charge < -0.3 is 4.90 Å². The predicted molar refractivity (Wildman–Crippen MR) is 66.1 cm³/mol. The maximum atomic E-state index is 8.89. The molecule has 2 rings (SSSR count). The summed E-state index contributed by atoms with van der Waals surface area (Å²) >= 11 is 1.42. The van der Waals surface area contributed by atoms with Crippen LogP contribution in [0, 0.1) is 18.3 Å². The molecule has 0 spiro atoms. The highest BCUT2D eigenvalue weighted by molar-refractivity contribution is 7.16. The van der Waals surface area contributed by atoms with E-state index in [2.05, 4.69) is 11.1 Å². The van der Waals surface area contributed by atoms with Gasteiger partial charge in [0.1, 0.15) is 10.9 Å². The number of nitriles is 1. The Labute approximate surface area is 98.6 Å². The van der Waals surface area contributed by atoms with Crippen LogP contribution in [0.4, 0.5) is 10.8 Å². The lowest BCUT2D eigenvalue weighted by molar-refractivity contribution is 1.14. The van der Waals surface area contributed by atoms with Gasteiger partial charge in [-0.25, -0.2) is 4.98 Å². The zero-order valence-corrected chi connectivity index (χ0v) is 9.95. The highest BCUT2D eigenvalue weighted by atomic mass is 32.1. The molecule has 0 fully saturated rings. The molecule has 0 N–H and O–H groups in total. The first-order valence-electron chi connectivity index (χ1n) is 4.88. The third-order valence-corrected chi connectivity index (χ3v) is 3.46. The van der Waals surface area contributed by atoms with Crippen molar-refractivity contribution in [1.29, 1.82) is 5.26 Å². The van der Waals surface area contributed by atoms with Crippen LogP contribution < -0.4 is 4.90 Å². The van der Waals surface area contributed by atoms with Crippen molar-refractivity contribution in [3.8, 4) is 6.07 Å². The molecule has 0 radical (unpaired) electrons. The number of nitrogens with zero attached hydrogens (tertiary/aromatic N) is 3. The monoisotopic (exact) mass is 229 g/mol. The van der Waals surface area contributed by atoms with Crippen LogP contribution in [0.2, 0.25) is 0 Å². The fourth-order valence-electron chi connectivity index (χ4n) is 1.39. The van der Waals surface area contributed by atoms with Crippen molar-refractivity contribution in [1.82, 2.24) is 4.98 Å². The minimum Gasteiger partial charge on any atom is -0.321 e. The Balaban J connectivity index is 2.35. The van der Waals surface area contributed by atoms with Crippen LogP contribution in [-0.2, 0) is 0 Å². The highest BCUT2D eigenvalue weighted by Crippen LogP contribution is 2.29. The fourth-order valence-corrected chi connectivity index (χ4v) is 2.24. The van der Waals surface area contributed by atoms with Crippen LogP contribution in [0.1, 0.15) is 10.6 Å². The van der Waals surface area contributed by atoms with Gasteiger partial charge in [0.2, 0.25) is 0 Å². The molecule has 3 nitrogen and oxygen atoms in total. The molecule has 1 heterocycles. The Morgan fingerprint density at radius 3 is 2.56 bits per heavy atom. The molecule has 1 aromatic carbocycles. The molecular formula is C12H11N3S. The van der Waals surface area contributed by atoms with E-state index in [4.69, 9.17) is 5.26 Å². The molecule has 0 aliphatic carbocycles. The number of benzene rings is 1. The van der Waals surface area contributed by atoms with Crippen LogP contribution in [-0.4, -0.2) is 12.0 Å². The summed E-state index contributed by atoms with van der Waals surface area (Å²) in [5.74, 6) is 0. The van der Waals surface area contributed by atoms with Crippen LogP contribution >= 0.6 is 11.3 Å². The first kappa shape index (κ1) is 10.7. The summed E-state index contributed by atoms with van der Waals surface area (Å²) < 4.78 is 0. The van der Waals surface area contributed by atoms with Crippen molar-refractivity contribution in [2.24, 2.45) is 0 Å². The molecule has 16 heavy (non-hydrogen) atoms. The van der Waals surface area contributed by atoms with E-state index >= 15 is 0 Å². The van der Waals surface area contributed by atoms with Gasteiger partial charge in [-0.05, 0) is 19.1 Å². The zero-order chi connectivity index (χ0) is 11.5. The summed E-state index contributed by atoms with van der Waals surface area (Å²) in [5.41, 5.74) is 1.87. The first-order chi connectivity index (χ1) is 7.72.